The van der Waals surface area contributed by atoms with Crippen molar-refractivity contribution in [2.24, 2.45) is 4.99 Å². The van der Waals surface area contributed by atoms with Gasteiger partial charge in [0.15, 0.2) is 5.96 Å². The third-order valence-electron chi connectivity index (χ3n) is 3.67. The predicted octanol–water partition coefficient (Wildman–Crippen LogP) is 2.30. The van der Waals surface area contributed by atoms with Crippen molar-refractivity contribution in [1.29, 1.82) is 0 Å². The molecule has 0 spiro atoms. The Bertz CT molecular complexity index is 695. The molecule has 130 valence electrons. The molecule has 0 atom stereocenters. The summed E-state index contributed by atoms with van der Waals surface area (Å²) in [5, 5.41) is 16.6. The fourth-order valence-corrected chi connectivity index (χ4v) is 3.13. The topological polar surface area (TPSA) is 69.5 Å². The first-order valence-electron chi connectivity index (χ1n) is 7.79. The maximum Gasteiger partial charge on any atom is 0.191 e. The van der Waals surface area contributed by atoms with Gasteiger partial charge in [0.1, 0.15) is 5.82 Å². The fourth-order valence-electron chi connectivity index (χ4n) is 2.20. The normalized spacial score (nSPS) is 11.6. The Balaban J connectivity index is 1.82. The number of hydrogen-bond donors (Lipinski definition) is 3. The summed E-state index contributed by atoms with van der Waals surface area (Å²) in [6, 6.07) is 4.71. The zero-order chi connectivity index (χ0) is 17.5. The quantitative estimate of drug-likeness (QED) is 0.552. The van der Waals surface area contributed by atoms with E-state index in [2.05, 4.69) is 27.5 Å². The monoisotopic (exact) mass is 350 g/mol. The first kappa shape index (κ1) is 18.4. The molecule has 3 N–H and O–H groups in total. The molecule has 24 heavy (non-hydrogen) atoms. The van der Waals surface area contributed by atoms with Crippen LogP contribution in [0.5, 0.6) is 0 Å². The summed E-state index contributed by atoms with van der Waals surface area (Å²) < 4.78 is 13.4. The number of nitrogens with zero attached hydrogens (tertiary/aromatic N) is 2. The van der Waals surface area contributed by atoms with Crippen molar-refractivity contribution < 1.29 is 9.50 Å². The number of aromatic nitrogens is 1. The number of aliphatic hydroxyl groups is 1. The summed E-state index contributed by atoms with van der Waals surface area (Å²) in [5.41, 5.74) is 2.27. The second kappa shape index (κ2) is 8.75. The average Bonchev–Trinajstić information content (AvgIpc) is 2.90. The van der Waals surface area contributed by atoms with E-state index in [0.717, 1.165) is 29.2 Å². The Morgan fingerprint density at radius 3 is 2.75 bits per heavy atom. The van der Waals surface area contributed by atoms with E-state index in [1.807, 2.05) is 6.92 Å². The number of hydrogen-bond acceptors (Lipinski definition) is 4. The first-order chi connectivity index (χ1) is 11.5. The van der Waals surface area contributed by atoms with Crippen LogP contribution in [0.25, 0.3) is 0 Å². The van der Waals surface area contributed by atoms with Crippen LogP contribution in [-0.2, 0) is 19.6 Å². The van der Waals surface area contributed by atoms with Gasteiger partial charge in [-0.3, -0.25) is 4.99 Å². The van der Waals surface area contributed by atoms with Gasteiger partial charge in [-0.2, -0.15) is 0 Å². The van der Waals surface area contributed by atoms with E-state index in [1.54, 1.807) is 30.5 Å². The molecule has 0 saturated carbocycles. The maximum absolute atomic E-state index is 13.4. The molecule has 5 nitrogen and oxygen atoms in total. The van der Waals surface area contributed by atoms with Crippen molar-refractivity contribution in [2.75, 3.05) is 13.6 Å². The highest BCUT2D eigenvalue weighted by molar-refractivity contribution is 7.11. The zero-order valence-corrected chi connectivity index (χ0v) is 15.0. The lowest BCUT2D eigenvalue weighted by atomic mass is 10.1. The smallest absolute Gasteiger partial charge is 0.191 e. The van der Waals surface area contributed by atoms with Crippen molar-refractivity contribution in [3.8, 4) is 0 Å². The van der Waals surface area contributed by atoms with E-state index < -0.39 is 5.82 Å². The first-order valence-corrected chi connectivity index (χ1v) is 8.60. The summed E-state index contributed by atoms with van der Waals surface area (Å²) in [4.78, 5) is 9.94. The number of benzene rings is 1. The second-order valence-corrected chi connectivity index (χ2v) is 6.72. The standard InChI is InChI=1S/C17H23FN4OS/c1-11-12(2)24-16(22-11)6-7-20-17(19-3)21-9-13-4-5-15(18)14(8-13)10-23/h4-5,8,23H,6-7,9-10H2,1-3H3,(H2,19,20,21). The number of aliphatic imine (C=N–C) groups is 1. The van der Waals surface area contributed by atoms with Crippen LogP contribution < -0.4 is 10.6 Å². The van der Waals surface area contributed by atoms with Crippen LogP contribution >= 0.6 is 11.3 Å². The molecule has 0 amide bonds. The minimum atomic E-state index is -0.391. The van der Waals surface area contributed by atoms with Gasteiger partial charge in [-0.15, -0.1) is 11.3 Å². The number of halogens is 1. The highest BCUT2D eigenvalue weighted by Crippen LogP contribution is 2.16. The second-order valence-electron chi connectivity index (χ2n) is 5.44. The predicted molar refractivity (Wildman–Crippen MR) is 95.8 cm³/mol. The Hall–Kier alpha value is -1.99. The van der Waals surface area contributed by atoms with Crippen molar-refractivity contribution in [1.82, 2.24) is 15.6 Å². The molecular weight excluding hydrogens is 327 g/mol. The Labute approximate surface area is 145 Å². The fraction of sp³-hybridized carbons (Fsp3) is 0.412. The minimum absolute atomic E-state index is 0.298. The molecule has 0 bridgehead atoms. The molecule has 7 heteroatoms. The van der Waals surface area contributed by atoms with Crippen molar-refractivity contribution in [3.05, 3.63) is 50.7 Å². The Morgan fingerprint density at radius 1 is 1.33 bits per heavy atom. The zero-order valence-electron chi connectivity index (χ0n) is 14.2. The molecule has 0 aliphatic rings. The van der Waals surface area contributed by atoms with E-state index in [0.29, 0.717) is 18.1 Å². The van der Waals surface area contributed by atoms with E-state index in [1.165, 1.54) is 10.9 Å². The average molecular weight is 350 g/mol. The van der Waals surface area contributed by atoms with Gasteiger partial charge in [0, 0.05) is 37.0 Å². The van der Waals surface area contributed by atoms with Crippen molar-refractivity contribution in [3.63, 3.8) is 0 Å². The van der Waals surface area contributed by atoms with Gasteiger partial charge in [0.05, 0.1) is 17.3 Å². The highest BCUT2D eigenvalue weighted by Gasteiger charge is 2.05. The van der Waals surface area contributed by atoms with E-state index in [9.17, 15) is 4.39 Å². The summed E-state index contributed by atoms with van der Waals surface area (Å²) in [5.74, 6) is 0.285. The summed E-state index contributed by atoms with van der Waals surface area (Å²) in [6.45, 7) is 5.03. The minimum Gasteiger partial charge on any atom is -0.392 e. The number of aryl methyl sites for hydroxylation is 2. The van der Waals surface area contributed by atoms with Crippen LogP contribution in [0.15, 0.2) is 23.2 Å². The lowest BCUT2D eigenvalue weighted by molar-refractivity contribution is 0.275. The SMILES string of the molecule is CN=C(NCCc1nc(C)c(C)s1)NCc1ccc(F)c(CO)c1. The molecular formula is C17H23FN4OS. The number of thiazole rings is 1. The van der Waals surface area contributed by atoms with Gasteiger partial charge in [0.2, 0.25) is 0 Å². The molecule has 0 radical (unpaired) electrons. The molecule has 0 unspecified atom stereocenters. The van der Waals surface area contributed by atoms with Gasteiger partial charge < -0.3 is 15.7 Å². The number of guanidine groups is 1. The van der Waals surface area contributed by atoms with E-state index >= 15 is 0 Å². The Kier molecular flexibility index (Phi) is 6.69. The van der Waals surface area contributed by atoms with Crippen LogP contribution in [0.4, 0.5) is 4.39 Å². The molecule has 2 rings (SSSR count). The maximum atomic E-state index is 13.4. The largest absolute Gasteiger partial charge is 0.392 e. The van der Waals surface area contributed by atoms with Gasteiger partial charge in [-0.1, -0.05) is 6.07 Å². The lowest BCUT2D eigenvalue weighted by Crippen LogP contribution is -2.37. The van der Waals surface area contributed by atoms with E-state index in [-0.39, 0.29) is 6.61 Å². The third-order valence-corrected chi connectivity index (χ3v) is 4.80. The molecule has 1 aromatic heterocycles. The van der Waals surface area contributed by atoms with Crippen LogP contribution in [0.3, 0.4) is 0 Å². The molecule has 1 heterocycles. The van der Waals surface area contributed by atoms with Gasteiger partial charge >= 0.3 is 0 Å². The van der Waals surface area contributed by atoms with E-state index in [4.69, 9.17) is 5.11 Å². The molecule has 2 aromatic rings. The van der Waals surface area contributed by atoms with Crippen molar-refractivity contribution >= 4 is 17.3 Å². The van der Waals surface area contributed by atoms with Gasteiger partial charge in [0.25, 0.3) is 0 Å². The van der Waals surface area contributed by atoms with Gasteiger partial charge in [-0.05, 0) is 31.5 Å². The number of nitrogens with one attached hydrogen (secondary N) is 2. The Morgan fingerprint density at radius 2 is 2.12 bits per heavy atom. The van der Waals surface area contributed by atoms with Crippen LogP contribution in [0.1, 0.15) is 26.7 Å². The van der Waals surface area contributed by atoms with Crippen LogP contribution in [-0.4, -0.2) is 29.6 Å². The third kappa shape index (κ3) is 5.01. The molecule has 0 fully saturated rings. The molecule has 0 saturated heterocycles. The molecule has 1 aromatic carbocycles. The van der Waals surface area contributed by atoms with Crippen LogP contribution in [0, 0.1) is 19.7 Å². The van der Waals surface area contributed by atoms with Crippen LogP contribution in [0.2, 0.25) is 0 Å². The van der Waals surface area contributed by atoms with Crippen molar-refractivity contribution in [2.45, 2.75) is 33.4 Å². The number of rotatable bonds is 6. The van der Waals surface area contributed by atoms with Gasteiger partial charge in [-0.25, -0.2) is 9.37 Å². The molecule has 0 aliphatic heterocycles. The summed E-state index contributed by atoms with van der Waals surface area (Å²) in [6.07, 6.45) is 0.839. The highest BCUT2D eigenvalue weighted by atomic mass is 32.1. The lowest BCUT2D eigenvalue weighted by Gasteiger charge is -2.12. The molecule has 0 aliphatic carbocycles. The summed E-state index contributed by atoms with van der Waals surface area (Å²) >= 11 is 1.72. The summed E-state index contributed by atoms with van der Waals surface area (Å²) in [7, 11) is 1.71. The number of aliphatic hydroxyl groups excluding tert-OH is 1.